The monoisotopic (exact) mass is 615 g/mol. The molecule has 1 atom stereocenters. The number of nitrogens with zero attached hydrogens (tertiary/aromatic N) is 5. The van der Waals surface area contributed by atoms with Gasteiger partial charge in [-0.2, -0.15) is 0 Å². The zero-order chi connectivity index (χ0) is 32.2. The van der Waals surface area contributed by atoms with Crippen LogP contribution in [-0.4, -0.2) is 59.6 Å². The van der Waals surface area contributed by atoms with E-state index in [0.29, 0.717) is 15.9 Å². The number of halogens is 1. The summed E-state index contributed by atoms with van der Waals surface area (Å²) in [6.07, 6.45) is -0.702. The molecule has 0 aliphatic rings. The van der Waals surface area contributed by atoms with Crippen molar-refractivity contribution in [1.29, 1.82) is 0 Å². The van der Waals surface area contributed by atoms with Gasteiger partial charge in [-0.25, -0.2) is 19.1 Å². The van der Waals surface area contributed by atoms with Gasteiger partial charge in [-0.05, 0) is 65.8 Å². The first-order chi connectivity index (χ1) is 19.8. The molecule has 0 bridgehead atoms. The highest BCUT2D eigenvalue weighted by molar-refractivity contribution is 6.31. The van der Waals surface area contributed by atoms with Crippen LogP contribution in [-0.2, 0) is 44.4 Å². The first-order valence-corrected chi connectivity index (χ1v) is 13.7. The van der Waals surface area contributed by atoms with Crippen molar-refractivity contribution in [3.8, 4) is 0 Å². The van der Waals surface area contributed by atoms with Gasteiger partial charge < -0.3 is 18.8 Å². The Morgan fingerprint density at radius 1 is 0.930 bits per heavy atom. The molecule has 0 saturated heterocycles. The van der Waals surface area contributed by atoms with Gasteiger partial charge >= 0.3 is 23.7 Å². The van der Waals surface area contributed by atoms with Gasteiger partial charge in [0.15, 0.2) is 11.2 Å². The molecule has 1 unspecified atom stereocenters. The molecule has 13 nitrogen and oxygen atoms in total. The van der Waals surface area contributed by atoms with E-state index in [-0.39, 0.29) is 29.2 Å². The molecule has 3 aromatic heterocycles. The maximum Gasteiger partial charge on any atom is 0.419 e. The second-order valence-electron chi connectivity index (χ2n) is 12.1. The fourth-order valence-electron chi connectivity index (χ4n) is 4.69. The number of carbonyl (C=O) groups excluding carboxylic acids is 3. The minimum atomic E-state index is -1.62. The van der Waals surface area contributed by atoms with Crippen LogP contribution in [0, 0.1) is 0 Å². The van der Waals surface area contributed by atoms with E-state index in [1.54, 1.807) is 65.8 Å². The van der Waals surface area contributed by atoms with Crippen LogP contribution in [0.1, 0.15) is 59.0 Å². The zero-order valence-corrected chi connectivity index (χ0v) is 26.2. The molecule has 0 radical (unpaired) electrons. The van der Waals surface area contributed by atoms with Crippen LogP contribution in [0.5, 0.6) is 0 Å². The lowest BCUT2D eigenvalue weighted by Crippen LogP contribution is -2.40. The predicted molar refractivity (Wildman–Crippen MR) is 158 cm³/mol. The van der Waals surface area contributed by atoms with E-state index in [1.165, 1.54) is 23.2 Å². The Morgan fingerprint density at radius 2 is 1.56 bits per heavy atom. The highest BCUT2D eigenvalue weighted by Gasteiger charge is 2.38. The van der Waals surface area contributed by atoms with Gasteiger partial charge in [0.25, 0.3) is 5.56 Å². The minimum absolute atomic E-state index is 0.0549. The van der Waals surface area contributed by atoms with Crippen molar-refractivity contribution in [2.24, 2.45) is 14.1 Å². The summed E-state index contributed by atoms with van der Waals surface area (Å²) < 4.78 is 20.5. The van der Waals surface area contributed by atoms with E-state index >= 15 is 0 Å². The smallest absolute Gasteiger partial charge is 0.419 e. The van der Waals surface area contributed by atoms with Gasteiger partial charge in [-0.1, -0.05) is 11.6 Å². The normalized spacial score (nSPS) is 12.9. The molecule has 0 spiro atoms. The SMILES string of the molecule is COC(=O)C(C(=O)OC(C)(C)C)c1nc2c(c(=O)n(Cc3cc4cc(Cl)ccc4n3C(=O)OC(C)(C)C)c(=O)n2C)n1C. The van der Waals surface area contributed by atoms with E-state index < -0.39 is 46.4 Å². The van der Waals surface area contributed by atoms with Gasteiger partial charge in [0.1, 0.15) is 17.0 Å². The van der Waals surface area contributed by atoms with E-state index in [0.717, 1.165) is 16.2 Å². The summed E-state index contributed by atoms with van der Waals surface area (Å²) in [7, 11) is 3.96. The maximum atomic E-state index is 13.9. The Kier molecular flexibility index (Phi) is 8.09. The number of carbonyl (C=O) groups is 3. The topological polar surface area (TPSA) is 146 Å². The molecule has 0 fully saturated rings. The number of benzene rings is 1. The van der Waals surface area contributed by atoms with Crippen molar-refractivity contribution in [3.63, 3.8) is 0 Å². The quantitative estimate of drug-likeness (QED) is 0.187. The lowest BCUT2D eigenvalue weighted by molar-refractivity contribution is -0.163. The summed E-state index contributed by atoms with van der Waals surface area (Å²) in [5.74, 6) is -3.63. The van der Waals surface area contributed by atoms with Gasteiger partial charge in [-0.3, -0.25) is 23.5 Å². The Labute approximate surface area is 251 Å². The summed E-state index contributed by atoms with van der Waals surface area (Å²) in [4.78, 5) is 70.9. The van der Waals surface area contributed by atoms with Crippen molar-refractivity contribution in [3.05, 3.63) is 61.6 Å². The number of hydrogen-bond donors (Lipinski definition) is 0. The Balaban J connectivity index is 1.93. The van der Waals surface area contributed by atoms with E-state index in [1.807, 2.05) is 0 Å². The second kappa shape index (κ2) is 11.0. The number of imidazole rings is 1. The number of hydrogen-bond acceptors (Lipinski definition) is 9. The summed E-state index contributed by atoms with van der Waals surface area (Å²) in [6, 6.07) is 6.56. The first-order valence-electron chi connectivity index (χ1n) is 13.3. The molecule has 0 saturated carbocycles. The lowest BCUT2D eigenvalue weighted by Gasteiger charge is -2.22. The van der Waals surface area contributed by atoms with Crippen LogP contribution in [0.4, 0.5) is 4.79 Å². The second-order valence-corrected chi connectivity index (χ2v) is 12.5. The van der Waals surface area contributed by atoms with Crippen molar-refractivity contribution >= 4 is 51.7 Å². The zero-order valence-electron chi connectivity index (χ0n) is 25.5. The molecular weight excluding hydrogens is 582 g/mol. The molecule has 43 heavy (non-hydrogen) atoms. The van der Waals surface area contributed by atoms with Crippen LogP contribution in [0.15, 0.2) is 33.9 Å². The van der Waals surface area contributed by atoms with Crippen LogP contribution in [0.3, 0.4) is 0 Å². The number of ether oxygens (including phenoxy) is 3. The number of aromatic nitrogens is 5. The number of esters is 2. The Bertz CT molecular complexity index is 1900. The number of fused-ring (bicyclic) bond motifs is 2. The predicted octanol–water partition coefficient (Wildman–Crippen LogP) is 3.47. The molecule has 3 heterocycles. The number of rotatable bonds is 5. The fraction of sp³-hybridized carbons (Fsp3) is 0.448. The molecule has 14 heteroatoms. The standard InChI is InChI=1S/C29H34ClN5O8/c1-28(2,3)42-25(38)19(24(37)41-9)21-31-22-20(32(21)7)23(36)34(26(39)33(22)8)14-17-13-15-12-16(30)10-11-18(15)35(17)27(40)43-29(4,5)6/h10-13,19H,14H2,1-9H3. The molecule has 0 aliphatic heterocycles. The average molecular weight is 616 g/mol. The van der Waals surface area contributed by atoms with Gasteiger partial charge in [-0.15, -0.1) is 0 Å². The van der Waals surface area contributed by atoms with Gasteiger partial charge in [0.05, 0.1) is 24.9 Å². The van der Waals surface area contributed by atoms with Gasteiger partial charge in [0, 0.05) is 24.5 Å². The largest absolute Gasteiger partial charge is 0.468 e. The van der Waals surface area contributed by atoms with Crippen LogP contribution in [0.25, 0.3) is 22.1 Å². The molecule has 230 valence electrons. The third kappa shape index (κ3) is 6.07. The van der Waals surface area contributed by atoms with Crippen LogP contribution < -0.4 is 11.2 Å². The maximum absolute atomic E-state index is 13.9. The molecule has 1 aromatic carbocycles. The van der Waals surface area contributed by atoms with E-state index in [2.05, 4.69) is 4.98 Å². The summed E-state index contributed by atoms with van der Waals surface area (Å²) in [5, 5.41) is 1.03. The summed E-state index contributed by atoms with van der Waals surface area (Å²) >= 11 is 6.19. The third-order valence-corrected chi connectivity index (χ3v) is 6.70. The van der Waals surface area contributed by atoms with Crippen LogP contribution >= 0.6 is 11.6 Å². The molecule has 4 aromatic rings. The number of aryl methyl sites for hydroxylation is 2. The molecule has 0 N–H and O–H groups in total. The van der Waals surface area contributed by atoms with Crippen molar-refractivity contribution in [2.45, 2.75) is 65.2 Å². The summed E-state index contributed by atoms with van der Waals surface area (Å²) in [5.41, 5.74) is -2.60. The van der Waals surface area contributed by atoms with Crippen molar-refractivity contribution in [1.82, 2.24) is 23.3 Å². The van der Waals surface area contributed by atoms with E-state index in [4.69, 9.17) is 25.8 Å². The Hall–Kier alpha value is -4.39. The highest BCUT2D eigenvalue weighted by atomic mass is 35.5. The highest BCUT2D eigenvalue weighted by Crippen LogP contribution is 2.27. The minimum Gasteiger partial charge on any atom is -0.468 e. The van der Waals surface area contributed by atoms with Crippen molar-refractivity contribution < 1.29 is 28.6 Å². The fourth-order valence-corrected chi connectivity index (χ4v) is 4.87. The molecule has 0 amide bonds. The molecule has 4 rings (SSSR count). The first kappa shape index (κ1) is 31.5. The van der Waals surface area contributed by atoms with E-state index in [9.17, 15) is 24.0 Å². The summed E-state index contributed by atoms with van der Waals surface area (Å²) in [6.45, 7) is 9.77. The third-order valence-electron chi connectivity index (χ3n) is 6.47. The number of methoxy groups -OCH3 is 1. The van der Waals surface area contributed by atoms with Gasteiger partial charge in [0.2, 0.25) is 5.92 Å². The Morgan fingerprint density at radius 3 is 2.14 bits per heavy atom. The molecule has 0 aliphatic carbocycles. The lowest BCUT2D eigenvalue weighted by atomic mass is 10.1. The molecular formula is C29H34ClN5O8. The average Bonchev–Trinajstić information content (AvgIpc) is 3.40. The van der Waals surface area contributed by atoms with Crippen LogP contribution in [0.2, 0.25) is 5.02 Å². The van der Waals surface area contributed by atoms with Crippen molar-refractivity contribution in [2.75, 3.05) is 7.11 Å².